The van der Waals surface area contributed by atoms with Gasteiger partial charge in [-0.1, -0.05) is 81.9 Å². The molecule has 2 amide bonds. The van der Waals surface area contributed by atoms with Crippen LogP contribution in [0, 0.1) is 0 Å². The number of carbonyl (C=O) groups excluding carboxylic acids is 1. The summed E-state index contributed by atoms with van der Waals surface area (Å²) in [6, 6.07) is 26.0. The van der Waals surface area contributed by atoms with Gasteiger partial charge in [0.15, 0.2) is 0 Å². The maximum absolute atomic E-state index is 12.8. The van der Waals surface area contributed by atoms with Crippen molar-refractivity contribution in [2.24, 2.45) is 0 Å². The predicted molar refractivity (Wildman–Crippen MR) is 140 cm³/mol. The molecule has 0 atom stereocenters. The lowest BCUT2D eigenvalue weighted by Crippen LogP contribution is -2.21. The van der Waals surface area contributed by atoms with E-state index in [1.807, 2.05) is 48.5 Å². The lowest BCUT2D eigenvalue weighted by atomic mass is 9.93. The Hall–Kier alpha value is -3.31. The van der Waals surface area contributed by atoms with Crippen LogP contribution in [0.4, 0.5) is 16.2 Å². The van der Waals surface area contributed by atoms with Gasteiger partial charge in [0.1, 0.15) is 5.03 Å². The quantitative estimate of drug-likeness (QED) is 0.307. The number of rotatable bonds is 6. The van der Waals surface area contributed by atoms with E-state index in [0.29, 0.717) is 11.8 Å². The van der Waals surface area contributed by atoms with Crippen molar-refractivity contribution in [2.45, 2.75) is 49.5 Å². The highest BCUT2D eigenvalue weighted by Crippen LogP contribution is 2.33. The molecule has 4 nitrogen and oxygen atoms in total. The SMILES string of the molecule is CC(C)c1cccc(C(C)C)c1NC(=O)Nc1ccc(Sc2ccc3ccccc3n2)cc1. The number of para-hydroxylation sites is 2. The number of nitrogens with one attached hydrogen (secondary N) is 2. The van der Waals surface area contributed by atoms with Crippen molar-refractivity contribution in [1.29, 1.82) is 0 Å². The predicted octanol–water partition coefficient (Wildman–Crippen LogP) is 8.28. The van der Waals surface area contributed by atoms with Crippen molar-refractivity contribution in [3.05, 3.63) is 90.0 Å². The molecule has 0 saturated heterocycles. The fraction of sp³-hybridized carbons (Fsp3) is 0.214. The first kappa shape index (κ1) is 22.9. The standard InChI is InChI=1S/C28H29N3OS/c1-18(2)23-9-7-10-24(19(3)4)27(23)31-28(32)29-21-13-15-22(16-14-21)33-26-17-12-20-8-5-6-11-25(20)30-26/h5-19H,1-4H3,(H2,29,31,32). The molecule has 0 aliphatic carbocycles. The van der Waals surface area contributed by atoms with Crippen LogP contribution >= 0.6 is 11.8 Å². The third-order valence-corrected chi connectivity index (χ3v) is 6.46. The number of hydrogen-bond acceptors (Lipinski definition) is 3. The molecule has 0 spiro atoms. The van der Waals surface area contributed by atoms with Crippen LogP contribution in [0.1, 0.15) is 50.7 Å². The van der Waals surface area contributed by atoms with Gasteiger partial charge in [-0.3, -0.25) is 0 Å². The third kappa shape index (κ3) is 5.55. The van der Waals surface area contributed by atoms with Gasteiger partial charge in [0.2, 0.25) is 0 Å². The number of anilines is 2. The van der Waals surface area contributed by atoms with Crippen molar-refractivity contribution in [3.8, 4) is 0 Å². The molecular weight excluding hydrogens is 426 g/mol. The molecule has 0 fully saturated rings. The molecule has 0 radical (unpaired) electrons. The van der Waals surface area contributed by atoms with Gasteiger partial charge in [-0.25, -0.2) is 9.78 Å². The Morgan fingerprint density at radius 2 is 1.42 bits per heavy atom. The Balaban J connectivity index is 1.44. The molecule has 4 aromatic rings. The van der Waals surface area contributed by atoms with Crippen molar-refractivity contribution in [1.82, 2.24) is 4.98 Å². The number of pyridine rings is 1. The first-order valence-electron chi connectivity index (χ1n) is 11.2. The monoisotopic (exact) mass is 455 g/mol. The van der Waals surface area contributed by atoms with Crippen LogP contribution in [-0.4, -0.2) is 11.0 Å². The van der Waals surface area contributed by atoms with Crippen LogP contribution in [0.2, 0.25) is 0 Å². The van der Waals surface area contributed by atoms with Gasteiger partial charge >= 0.3 is 6.03 Å². The highest BCUT2D eigenvalue weighted by molar-refractivity contribution is 7.99. The summed E-state index contributed by atoms with van der Waals surface area (Å²) in [4.78, 5) is 18.6. The summed E-state index contributed by atoms with van der Waals surface area (Å²) < 4.78 is 0. The average molecular weight is 456 g/mol. The number of fused-ring (bicyclic) bond motifs is 1. The van der Waals surface area contributed by atoms with E-state index in [9.17, 15) is 4.79 Å². The topological polar surface area (TPSA) is 54.0 Å². The van der Waals surface area contributed by atoms with Gasteiger partial charge in [0.25, 0.3) is 0 Å². The second kappa shape index (κ2) is 10.1. The zero-order valence-electron chi connectivity index (χ0n) is 19.4. The maximum Gasteiger partial charge on any atom is 0.323 e. The van der Waals surface area contributed by atoms with Gasteiger partial charge in [0, 0.05) is 21.7 Å². The highest BCUT2D eigenvalue weighted by Gasteiger charge is 2.16. The molecule has 1 aromatic heterocycles. The summed E-state index contributed by atoms with van der Waals surface area (Å²) in [6.07, 6.45) is 0. The van der Waals surface area contributed by atoms with E-state index in [2.05, 4.69) is 68.7 Å². The molecule has 33 heavy (non-hydrogen) atoms. The summed E-state index contributed by atoms with van der Waals surface area (Å²) in [7, 11) is 0. The smallest absolute Gasteiger partial charge is 0.308 e. The number of nitrogens with zero attached hydrogens (tertiary/aromatic N) is 1. The number of aromatic nitrogens is 1. The summed E-state index contributed by atoms with van der Waals surface area (Å²) in [5.41, 5.74) is 4.93. The first-order chi connectivity index (χ1) is 15.9. The second-order valence-electron chi connectivity index (χ2n) is 8.67. The number of hydrogen-bond donors (Lipinski definition) is 2. The maximum atomic E-state index is 12.8. The lowest BCUT2D eigenvalue weighted by Gasteiger charge is -2.20. The van der Waals surface area contributed by atoms with E-state index in [4.69, 9.17) is 4.98 Å². The van der Waals surface area contributed by atoms with Crippen LogP contribution in [0.5, 0.6) is 0 Å². The normalized spacial score (nSPS) is 11.2. The Morgan fingerprint density at radius 1 is 0.758 bits per heavy atom. The van der Waals surface area contributed by atoms with E-state index in [-0.39, 0.29) is 6.03 Å². The summed E-state index contributed by atoms with van der Waals surface area (Å²) >= 11 is 1.60. The minimum atomic E-state index is -0.235. The van der Waals surface area contributed by atoms with E-state index in [1.54, 1.807) is 11.8 Å². The molecule has 0 aliphatic heterocycles. The molecule has 3 aromatic carbocycles. The zero-order valence-corrected chi connectivity index (χ0v) is 20.2. The van der Waals surface area contributed by atoms with Gasteiger partial charge in [-0.05, 0) is 59.4 Å². The first-order valence-corrected chi connectivity index (χ1v) is 12.1. The molecule has 5 heteroatoms. The second-order valence-corrected chi connectivity index (χ2v) is 9.76. The van der Waals surface area contributed by atoms with E-state index in [0.717, 1.165) is 43.3 Å². The number of amides is 2. The van der Waals surface area contributed by atoms with Gasteiger partial charge < -0.3 is 10.6 Å². The van der Waals surface area contributed by atoms with Crippen LogP contribution in [-0.2, 0) is 0 Å². The summed E-state index contributed by atoms with van der Waals surface area (Å²) in [5.74, 6) is 0.637. The van der Waals surface area contributed by atoms with Crippen LogP contribution in [0.3, 0.4) is 0 Å². The zero-order chi connectivity index (χ0) is 23.4. The minimum absolute atomic E-state index is 0.235. The minimum Gasteiger partial charge on any atom is -0.308 e. The van der Waals surface area contributed by atoms with Crippen molar-refractivity contribution < 1.29 is 4.79 Å². The molecule has 0 saturated carbocycles. The van der Waals surface area contributed by atoms with Crippen LogP contribution in [0.25, 0.3) is 10.9 Å². The number of urea groups is 1. The Bertz CT molecular complexity index is 1240. The molecule has 2 N–H and O–H groups in total. The molecule has 0 bridgehead atoms. The van der Waals surface area contributed by atoms with Crippen LogP contribution in [0.15, 0.2) is 88.8 Å². The fourth-order valence-corrected chi connectivity index (χ4v) is 4.60. The molecular formula is C28H29N3OS. The van der Waals surface area contributed by atoms with Gasteiger partial charge in [0.05, 0.1) is 5.52 Å². The van der Waals surface area contributed by atoms with Crippen molar-refractivity contribution in [3.63, 3.8) is 0 Å². The molecule has 168 valence electrons. The summed E-state index contributed by atoms with van der Waals surface area (Å²) in [6.45, 7) is 8.57. The number of carbonyl (C=O) groups is 1. The molecule has 0 unspecified atom stereocenters. The van der Waals surface area contributed by atoms with Gasteiger partial charge in [-0.15, -0.1) is 0 Å². The largest absolute Gasteiger partial charge is 0.323 e. The Morgan fingerprint density at radius 3 is 2.09 bits per heavy atom. The van der Waals surface area contributed by atoms with Gasteiger partial charge in [-0.2, -0.15) is 0 Å². The van der Waals surface area contributed by atoms with E-state index < -0.39 is 0 Å². The molecule has 0 aliphatic rings. The van der Waals surface area contributed by atoms with Crippen LogP contribution < -0.4 is 10.6 Å². The summed E-state index contributed by atoms with van der Waals surface area (Å²) in [5, 5.41) is 8.13. The fourth-order valence-electron chi connectivity index (χ4n) is 3.80. The highest BCUT2D eigenvalue weighted by atomic mass is 32.2. The Kier molecular flexibility index (Phi) is 6.99. The average Bonchev–Trinajstić information content (AvgIpc) is 2.80. The lowest BCUT2D eigenvalue weighted by molar-refractivity contribution is 0.262. The van der Waals surface area contributed by atoms with E-state index >= 15 is 0 Å². The Labute approximate surface area is 199 Å². The molecule has 4 rings (SSSR count). The third-order valence-electron chi connectivity index (χ3n) is 5.52. The van der Waals surface area contributed by atoms with Crippen molar-refractivity contribution >= 4 is 40.1 Å². The molecule has 1 heterocycles. The van der Waals surface area contributed by atoms with Crippen molar-refractivity contribution in [2.75, 3.05) is 10.6 Å². The number of benzene rings is 3. The van der Waals surface area contributed by atoms with E-state index in [1.165, 1.54) is 0 Å².